The lowest BCUT2D eigenvalue weighted by molar-refractivity contribution is 1.18. The van der Waals surface area contributed by atoms with Gasteiger partial charge in [0.25, 0.3) is 0 Å². The van der Waals surface area contributed by atoms with E-state index in [9.17, 15) is 21.9 Å². The summed E-state index contributed by atoms with van der Waals surface area (Å²) in [5.41, 5.74) is 7.96. The quantitative estimate of drug-likeness (QED) is 0.130. The number of aromatic nitrogens is 4. The van der Waals surface area contributed by atoms with Gasteiger partial charge < -0.3 is 18.3 Å². The van der Waals surface area contributed by atoms with E-state index in [1.807, 2.05) is 164 Å². The van der Waals surface area contributed by atoms with E-state index < -0.39 is 121 Å². The Morgan fingerprint density at radius 1 is 0.186 bits per heavy atom. The van der Waals surface area contributed by atoms with E-state index in [1.54, 1.807) is 77.6 Å². The molecule has 0 saturated carbocycles. The molecule has 0 aliphatic carbocycles. The Kier molecular flexibility index (Phi) is 9.47. The fraction of sp³-hybridized carbons (Fsp3) is 0.0204. The second-order valence-corrected chi connectivity index (χ2v) is 24.8. The maximum Gasteiger partial charge on any atom is 0.0648 e. The van der Waals surface area contributed by atoms with Gasteiger partial charge in [-0.1, -0.05) is 254 Å². The average Bonchev–Trinajstić information content (AvgIpc) is 1.49. The topological polar surface area (TPSA) is 19.7 Å². The fourth-order valence-electron chi connectivity index (χ4n) is 13.7. The third-order valence-electron chi connectivity index (χ3n) is 18.5. The molecule has 0 aliphatic rings. The number of para-hydroxylation sites is 2. The van der Waals surface area contributed by atoms with Crippen LogP contribution in [0.15, 0.2) is 375 Å². The SMILES string of the molecule is [2H]c1c([2H])c([2H])c2c(c1[2H])c1c([2H])c(-c3c([2H])c([2H])c4c(c3[2H])c3c([2H])c([2H])c(C)c([2H])c3n4-c3ccc(-c4ccccc4)cc3)c([2H])c([2H])c1n2-c1ccc(-c2ccccc2)cc1.[2H]c1c([2H])c([2H])c2c(c1[2H])c1c([2H])c(-c3c([2H])c([2H])c4c(c3[2H])c3c([2H])c([2H])c(C)c([2H])c3n4-c3ccc(-c4ccccc4)cc3)c([2H])c([2H])c1n2-c1cccc(-c2ccccc2)c1. The summed E-state index contributed by atoms with van der Waals surface area (Å²) in [5.74, 6) is 0. The number of fused-ring (bicyclic) bond motifs is 12. The Hall–Kier alpha value is -13.3. The van der Waals surface area contributed by atoms with Gasteiger partial charge in [-0.15, -0.1) is 0 Å². The second-order valence-electron chi connectivity index (χ2n) is 24.8. The van der Waals surface area contributed by atoms with E-state index in [-0.39, 0.29) is 157 Å². The molecule has 4 heteroatoms. The molecule has 4 nitrogen and oxygen atoms in total. The minimum atomic E-state index is -0.582. The molecule has 16 aromatic carbocycles. The molecular weight excluding hydrogens is 1230 g/mol. The van der Waals surface area contributed by atoms with Crippen molar-refractivity contribution in [2.45, 2.75) is 13.8 Å². The molecule has 4 heterocycles. The molecule has 0 atom stereocenters. The van der Waals surface area contributed by atoms with E-state index in [0.717, 1.165) is 44.5 Å². The highest BCUT2D eigenvalue weighted by Gasteiger charge is 2.20. The zero-order chi connectivity index (χ0) is 90.4. The molecule has 0 spiro atoms. The lowest BCUT2D eigenvalue weighted by atomic mass is 10.0. The highest BCUT2D eigenvalue weighted by molar-refractivity contribution is 6.15. The van der Waals surface area contributed by atoms with Crippen molar-refractivity contribution < 1.29 is 35.6 Å². The molecule has 20 aromatic rings. The monoisotopic (exact) mass is 1330 g/mol. The predicted molar refractivity (Wildman–Crippen MR) is 432 cm³/mol. The van der Waals surface area contributed by atoms with Crippen molar-refractivity contribution in [1.82, 2.24) is 18.3 Å². The van der Waals surface area contributed by atoms with Crippen molar-refractivity contribution in [3.8, 4) is 89.5 Å². The van der Waals surface area contributed by atoms with Crippen LogP contribution < -0.4 is 0 Å². The van der Waals surface area contributed by atoms with Crippen molar-refractivity contribution in [2.75, 3.05) is 0 Å². The molecule has 0 aliphatic heterocycles. The van der Waals surface area contributed by atoms with Gasteiger partial charge in [0.05, 0.1) is 79.8 Å². The first-order valence-corrected chi connectivity index (χ1v) is 33.1. The Balaban J connectivity index is 0.000000167. The van der Waals surface area contributed by atoms with Gasteiger partial charge in [-0.3, -0.25) is 0 Å². The van der Waals surface area contributed by atoms with Gasteiger partial charge in [0.1, 0.15) is 0 Å². The van der Waals surface area contributed by atoms with Crippen LogP contribution in [-0.2, 0) is 0 Å². The van der Waals surface area contributed by atoms with Gasteiger partial charge in [0, 0.05) is 65.8 Å². The average molecular weight is 1330 g/mol. The van der Waals surface area contributed by atoms with E-state index in [0.29, 0.717) is 22.7 Å². The Labute approximate surface area is 628 Å². The largest absolute Gasteiger partial charge is 0.309 e. The van der Waals surface area contributed by atoms with E-state index >= 15 is 0 Å². The molecule has 0 fully saturated rings. The maximum atomic E-state index is 9.85. The lowest BCUT2D eigenvalue weighted by Gasteiger charge is -2.11. The molecule has 20 rings (SSSR count). The lowest BCUT2D eigenvalue weighted by Crippen LogP contribution is -1.94. The van der Waals surface area contributed by atoms with E-state index in [4.69, 9.17) is 13.7 Å². The number of hydrogen-bond acceptors (Lipinski definition) is 0. The molecule has 0 N–H and O–H groups in total. The number of rotatable bonds is 10. The highest BCUT2D eigenvalue weighted by Crippen LogP contribution is 2.43. The summed E-state index contributed by atoms with van der Waals surface area (Å²) in [6, 6.07) is 55.9. The molecular formula is C98H68N4. The molecule has 0 bridgehead atoms. The number of benzene rings is 16. The molecule has 102 heavy (non-hydrogen) atoms. The van der Waals surface area contributed by atoms with Gasteiger partial charge in [-0.25, -0.2) is 0 Å². The van der Waals surface area contributed by atoms with Gasteiger partial charge >= 0.3 is 0 Å². The summed E-state index contributed by atoms with van der Waals surface area (Å²) < 4.78 is 247. The molecule has 4 aromatic heterocycles. The van der Waals surface area contributed by atoms with E-state index in [2.05, 4.69) is 0 Å². The van der Waals surface area contributed by atoms with Crippen molar-refractivity contribution >= 4 is 87.2 Å². The van der Waals surface area contributed by atoms with E-state index in [1.165, 1.54) is 9.13 Å². The van der Waals surface area contributed by atoms with Crippen molar-refractivity contribution in [1.29, 1.82) is 0 Å². The van der Waals surface area contributed by atoms with Crippen molar-refractivity contribution in [3.63, 3.8) is 0 Å². The molecule has 0 saturated heterocycles. The Bertz CT molecular complexity index is 7980. The van der Waals surface area contributed by atoms with Gasteiger partial charge in [-0.05, 0) is 213 Å². The van der Waals surface area contributed by atoms with Gasteiger partial charge in [0.15, 0.2) is 0 Å². The molecule has 0 unspecified atom stereocenters. The van der Waals surface area contributed by atoms with Crippen LogP contribution in [0.25, 0.3) is 177 Å². The zero-order valence-electron chi connectivity index (χ0n) is 80.6. The van der Waals surface area contributed by atoms with Crippen LogP contribution in [-0.4, -0.2) is 18.3 Å². The standard InChI is InChI=1S/2C49H34N2/c1-33-19-26-43-45-32-39(22-27-47(45)50(49(43)29-33)40-24-20-36(21-25-40)34-11-4-2-5-12-34)38-23-28-48-44(31-38)42-17-8-9-18-46(42)51(48)41-16-10-15-37(30-41)35-13-6-3-7-14-35;1-33-16-27-43-45-32-39(22-29-48(45)51(49(43)30-33)41-25-19-37(20-26-41)35-12-6-3-7-13-35)38-21-28-47-44(31-38)42-14-8-9-15-46(42)50(47)40-23-17-36(18-24-40)34-10-4-2-5-11-34/h2*2-32H,1H3/i8D,9D,17D,18D,19D,22D,23D,26D,27D,28D,29D,31D,32D;8D,9D,14D,15D,16D,21D,22D,27D,28D,29D,30D,31D,32D. The summed E-state index contributed by atoms with van der Waals surface area (Å²) in [4.78, 5) is 0. The third kappa shape index (κ3) is 10.5. The minimum absolute atomic E-state index is 0.0109. The summed E-state index contributed by atoms with van der Waals surface area (Å²) in [5, 5.41) is -0.447. The van der Waals surface area contributed by atoms with Crippen LogP contribution in [0, 0.1) is 13.8 Å². The third-order valence-corrected chi connectivity index (χ3v) is 18.5. The molecule has 480 valence electrons. The molecule has 0 radical (unpaired) electrons. The fourth-order valence-corrected chi connectivity index (χ4v) is 13.7. The summed E-state index contributed by atoms with van der Waals surface area (Å²) in [7, 11) is 0. The van der Waals surface area contributed by atoms with Gasteiger partial charge in [0.2, 0.25) is 0 Å². The number of nitrogens with zero attached hydrogens (tertiary/aromatic N) is 4. The first-order valence-electron chi connectivity index (χ1n) is 46.1. The van der Waals surface area contributed by atoms with Crippen molar-refractivity contribution in [3.05, 3.63) is 387 Å². The van der Waals surface area contributed by atoms with Crippen LogP contribution in [0.3, 0.4) is 0 Å². The highest BCUT2D eigenvalue weighted by atomic mass is 15.0. The van der Waals surface area contributed by atoms with Crippen LogP contribution in [0.5, 0.6) is 0 Å². The normalized spacial score (nSPS) is 15.2. The zero-order valence-corrected chi connectivity index (χ0v) is 54.6. The maximum absolute atomic E-state index is 9.85. The Morgan fingerprint density at radius 2 is 0.461 bits per heavy atom. The first kappa shape index (κ1) is 38.8. The summed E-state index contributed by atoms with van der Waals surface area (Å²) >= 11 is 0. The Morgan fingerprint density at radius 3 is 0.814 bits per heavy atom. The van der Waals surface area contributed by atoms with Crippen LogP contribution in [0.2, 0.25) is 0 Å². The van der Waals surface area contributed by atoms with Crippen LogP contribution >= 0.6 is 0 Å². The first-order chi connectivity index (χ1) is 61.3. The number of hydrogen-bond donors (Lipinski definition) is 0. The second kappa shape index (κ2) is 24.9. The summed E-state index contributed by atoms with van der Waals surface area (Å²) in [6.45, 7) is 3.11. The predicted octanol–water partition coefficient (Wildman–Crippen LogP) is 26.4. The smallest absolute Gasteiger partial charge is 0.0648 e. The van der Waals surface area contributed by atoms with Crippen LogP contribution in [0.4, 0.5) is 0 Å². The van der Waals surface area contributed by atoms with Gasteiger partial charge in [-0.2, -0.15) is 0 Å². The minimum Gasteiger partial charge on any atom is -0.309 e. The summed E-state index contributed by atoms with van der Waals surface area (Å²) in [6.07, 6.45) is 0. The molecule has 0 amide bonds. The van der Waals surface area contributed by atoms with Crippen molar-refractivity contribution in [2.24, 2.45) is 0 Å². The van der Waals surface area contributed by atoms with Crippen LogP contribution in [0.1, 0.15) is 46.8 Å².